The van der Waals surface area contributed by atoms with E-state index in [1.54, 1.807) is 0 Å². The summed E-state index contributed by atoms with van der Waals surface area (Å²) in [4.78, 5) is 2.06. The maximum absolute atomic E-state index is 12.9. The van der Waals surface area contributed by atoms with Crippen LogP contribution < -0.4 is 5.73 Å². The van der Waals surface area contributed by atoms with Gasteiger partial charge in [0.1, 0.15) is 0 Å². The Bertz CT molecular complexity index is 339. The molecular formula is C12H16F2N2. The summed E-state index contributed by atoms with van der Waals surface area (Å²) in [6.07, 6.45) is -0.0516. The first-order chi connectivity index (χ1) is 7.55. The fourth-order valence-electron chi connectivity index (χ4n) is 1.92. The van der Waals surface area contributed by atoms with Gasteiger partial charge in [0.15, 0.2) is 0 Å². The molecule has 16 heavy (non-hydrogen) atoms. The summed E-state index contributed by atoms with van der Waals surface area (Å²) in [5.41, 5.74) is 7.44. The summed E-state index contributed by atoms with van der Waals surface area (Å²) in [5.74, 6) is -2.46. The maximum atomic E-state index is 12.9. The van der Waals surface area contributed by atoms with Crippen molar-refractivity contribution >= 4 is 5.69 Å². The molecule has 1 aromatic rings. The second kappa shape index (κ2) is 4.37. The van der Waals surface area contributed by atoms with E-state index in [9.17, 15) is 8.78 Å². The Labute approximate surface area is 94.0 Å². The lowest BCUT2D eigenvalue weighted by Crippen LogP contribution is -2.38. The van der Waals surface area contributed by atoms with E-state index in [1.165, 1.54) is 0 Å². The van der Waals surface area contributed by atoms with Crippen LogP contribution in [-0.2, 0) is 6.54 Å². The smallest absolute Gasteiger partial charge is 0.250 e. The molecule has 1 saturated heterocycles. The lowest BCUT2D eigenvalue weighted by Gasteiger charge is -2.31. The minimum Gasteiger partial charge on any atom is -0.399 e. The Kier molecular flexibility index (Phi) is 3.10. The predicted molar refractivity (Wildman–Crippen MR) is 60.3 cm³/mol. The molecule has 0 radical (unpaired) electrons. The fraction of sp³-hybridized carbons (Fsp3) is 0.500. The molecule has 1 aromatic carbocycles. The monoisotopic (exact) mass is 226 g/mol. The number of benzene rings is 1. The van der Waals surface area contributed by atoms with Gasteiger partial charge in [0, 0.05) is 38.2 Å². The lowest BCUT2D eigenvalue weighted by molar-refractivity contribution is -0.0566. The molecule has 1 aliphatic heterocycles. The van der Waals surface area contributed by atoms with E-state index in [1.807, 2.05) is 24.3 Å². The number of nitrogens with two attached hydrogens (primary N) is 1. The highest BCUT2D eigenvalue weighted by Crippen LogP contribution is 2.28. The van der Waals surface area contributed by atoms with Gasteiger partial charge >= 0.3 is 0 Å². The molecule has 0 amide bonds. The Morgan fingerprint density at radius 3 is 2.25 bits per heavy atom. The summed E-state index contributed by atoms with van der Waals surface area (Å²) in [5, 5.41) is 0. The van der Waals surface area contributed by atoms with Crippen LogP contribution in [0.15, 0.2) is 24.3 Å². The van der Waals surface area contributed by atoms with Gasteiger partial charge in [0.2, 0.25) is 0 Å². The van der Waals surface area contributed by atoms with Crippen molar-refractivity contribution in [3.05, 3.63) is 29.8 Å². The largest absolute Gasteiger partial charge is 0.399 e. The second-order valence-corrected chi connectivity index (χ2v) is 4.37. The van der Waals surface area contributed by atoms with Crippen LogP contribution in [0.5, 0.6) is 0 Å². The molecular weight excluding hydrogens is 210 g/mol. The zero-order valence-corrected chi connectivity index (χ0v) is 9.13. The van der Waals surface area contributed by atoms with E-state index in [0.29, 0.717) is 13.1 Å². The number of likely N-dealkylation sites (tertiary alicyclic amines) is 1. The molecule has 0 saturated carbocycles. The maximum Gasteiger partial charge on any atom is 0.250 e. The molecule has 2 rings (SSSR count). The van der Waals surface area contributed by atoms with Crippen LogP contribution in [-0.4, -0.2) is 23.9 Å². The number of anilines is 1. The molecule has 1 aliphatic rings. The van der Waals surface area contributed by atoms with Gasteiger partial charge in [-0.05, 0) is 17.7 Å². The summed E-state index contributed by atoms with van der Waals surface area (Å²) >= 11 is 0. The van der Waals surface area contributed by atoms with Crippen molar-refractivity contribution in [3.8, 4) is 0 Å². The average molecular weight is 226 g/mol. The SMILES string of the molecule is Nc1ccc(CN2CCC(F)(F)CC2)cc1. The third kappa shape index (κ3) is 2.92. The topological polar surface area (TPSA) is 29.3 Å². The van der Waals surface area contributed by atoms with Gasteiger partial charge in [-0.25, -0.2) is 8.78 Å². The number of nitrogen functional groups attached to an aromatic ring is 1. The third-order valence-electron chi connectivity index (χ3n) is 2.97. The van der Waals surface area contributed by atoms with Gasteiger partial charge in [-0.2, -0.15) is 0 Å². The summed E-state index contributed by atoms with van der Waals surface area (Å²) < 4.78 is 25.9. The fourth-order valence-corrected chi connectivity index (χ4v) is 1.92. The van der Waals surface area contributed by atoms with Crippen molar-refractivity contribution in [2.24, 2.45) is 0 Å². The molecule has 1 fully saturated rings. The molecule has 2 nitrogen and oxygen atoms in total. The van der Waals surface area contributed by atoms with Crippen LogP contribution in [0.25, 0.3) is 0 Å². The highest BCUT2D eigenvalue weighted by molar-refractivity contribution is 5.39. The van der Waals surface area contributed by atoms with Gasteiger partial charge in [0.25, 0.3) is 5.92 Å². The quantitative estimate of drug-likeness (QED) is 0.785. The third-order valence-corrected chi connectivity index (χ3v) is 2.97. The van der Waals surface area contributed by atoms with Gasteiger partial charge in [-0.15, -0.1) is 0 Å². The molecule has 0 aromatic heterocycles. The average Bonchev–Trinajstić information content (AvgIpc) is 2.24. The second-order valence-electron chi connectivity index (χ2n) is 4.37. The summed E-state index contributed by atoms with van der Waals surface area (Å²) in [6, 6.07) is 7.58. The number of alkyl halides is 2. The predicted octanol–water partition coefficient (Wildman–Crippen LogP) is 2.50. The van der Waals surface area contributed by atoms with Crippen molar-refractivity contribution in [2.75, 3.05) is 18.8 Å². The molecule has 0 bridgehead atoms. The highest BCUT2D eigenvalue weighted by atomic mass is 19.3. The van der Waals surface area contributed by atoms with Crippen molar-refractivity contribution in [3.63, 3.8) is 0 Å². The molecule has 2 N–H and O–H groups in total. The molecule has 0 spiro atoms. The van der Waals surface area contributed by atoms with Crippen LogP contribution in [0, 0.1) is 0 Å². The van der Waals surface area contributed by atoms with Gasteiger partial charge in [-0.1, -0.05) is 12.1 Å². The first-order valence-corrected chi connectivity index (χ1v) is 5.50. The van der Waals surface area contributed by atoms with Crippen molar-refractivity contribution < 1.29 is 8.78 Å². The highest BCUT2D eigenvalue weighted by Gasteiger charge is 2.33. The zero-order chi connectivity index (χ0) is 11.6. The number of rotatable bonds is 2. The van der Waals surface area contributed by atoms with E-state index in [0.717, 1.165) is 17.8 Å². The van der Waals surface area contributed by atoms with Crippen LogP contribution in [0.3, 0.4) is 0 Å². The van der Waals surface area contributed by atoms with Crippen LogP contribution >= 0.6 is 0 Å². The van der Waals surface area contributed by atoms with Crippen molar-refractivity contribution in [1.29, 1.82) is 0 Å². The van der Waals surface area contributed by atoms with Crippen LogP contribution in [0.2, 0.25) is 0 Å². The number of hydrogen-bond donors (Lipinski definition) is 1. The Hall–Kier alpha value is -1.16. The molecule has 0 aliphatic carbocycles. The van der Waals surface area contributed by atoms with E-state index in [2.05, 4.69) is 4.90 Å². The van der Waals surface area contributed by atoms with Crippen LogP contribution in [0.1, 0.15) is 18.4 Å². The van der Waals surface area contributed by atoms with E-state index in [-0.39, 0.29) is 12.8 Å². The normalized spacial score (nSPS) is 20.9. The molecule has 0 unspecified atom stereocenters. The molecule has 0 atom stereocenters. The van der Waals surface area contributed by atoms with Gasteiger partial charge < -0.3 is 5.73 Å². The lowest BCUT2D eigenvalue weighted by atomic mass is 10.1. The molecule has 1 heterocycles. The Balaban J connectivity index is 1.89. The van der Waals surface area contributed by atoms with Gasteiger partial charge in [0.05, 0.1) is 0 Å². The zero-order valence-electron chi connectivity index (χ0n) is 9.13. The van der Waals surface area contributed by atoms with Crippen LogP contribution in [0.4, 0.5) is 14.5 Å². The number of halogens is 2. The standard InChI is InChI=1S/C12H16F2N2/c13-12(14)5-7-16(8-6-12)9-10-1-3-11(15)4-2-10/h1-4H,5-9,15H2. The first kappa shape index (κ1) is 11.3. The summed E-state index contributed by atoms with van der Waals surface area (Å²) in [6.45, 7) is 1.67. The first-order valence-electron chi connectivity index (χ1n) is 5.50. The molecule has 4 heteroatoms. The van der Waals surface area contributed by atoms with Crippen molar-refractivity contribution in [2.45, 2.75) is 25.3 Å². The molecule has 88 valence electrons. The number of piperidine rings is 1. The minimum atomic E-state index is -2.46. The van der Waals surface area contributed by atoms with E-state index < -0.39 is 5.92 Å². The van der Waals surface area contributed by atoms with Gasteiger partial charge in [-0.3, -0.25) is 4.90 Å². The Morgan fingerprint density at radius 2 is 1.69 bits per heavy atom. The number of hydrogen-bond acceptors (Lipinski definition) is 2. The summed E-state index contributed by atoms with van der Waals surface area (Å²) in [7, 11) is 0. The van der Waals surface area contributed by atoms with Crippen molar-refractivity contribution in [1.82, 2.24) is 4.90 Å². The van der Waals surface area contributed by atoms with E-state index in [4.69, 9.17) is 5.73 Å². The van der Waals surface area contributed by atoms with E-state index >= 15 is 0 Å². The Morgan fingerprint density at radius 1 is 1.12 bits per heavy atom. The number of nitrogens with zero attached hydrogens (tertiary/aromatic N) is 1. The minimum absolute atomic E-state index is 0.0258.